The summed E-state index contributed by atoms with van der Waals surface area (Å²) in [5.41, 5.74) is 3.04. The minimum atomic E-state index is 0.525. The Kier molecular flexibility index (Phi) is 7.88. The maximum atomic E-state index is 9.06. The topological polar surface area (TPSA) is 68.5 Å². The molecule has 2 aromatic carbocycles. The number of piperazine rings is 1. The first-order valence-electron chi connectivity index (χ1n) is 11.4. The van der Waals surface area contributed by atoms with Gasteiger partial charge in [-0.1, -0.05) is 23.9 Å². The van der Waals surface area contributed by atoms with E-state index in [1.165, 1.54) is 11.3 Å². The molecule has 1 saturated heterocycles. The zero-order valence-corrected chi connectivity index (χ0v) is 20.8. The summed E-state index contributed by atoms with van der Waals surface area (Å²) in [7, 11) is 6.22. The number of hydrogen-bond donors (Lipinski definition) is 0. The summed E-state index contributed by atoms with van der Waals surface area (Å²) in [6.45, 7) is 4.30. The van der Waals surface area contributed by atoms with Gasteiger partial charge in [0.15, 0.2) is 0 Å². The van der Waals surface area contributed by atoms with Crippen molar-refractivity contribution in [2.45, 2.75) is 16.2 Å². The Morgan fingerprint density at radius 1 is 1.09 bits per heavy atom. The summed E-state index contributed by atoms with van der Waals surface area (Å²) in [6.07, 6.45) is 2.64. The number of nitrogens with zero attached hydrogens (tertiary/aromatic N) is 6. The van der Waals surface area contributed by atoms with E-state index in [0.29, 0.717) is 24.0 Å². The van der Waals surface area contributed by atoms with Crippen molar-refractivity contribution in [3.63, 3.8) is 0 Å². The molecule has 7 nitrogen and oxygen atoms in total. The highest BCUT2D eigenvalue weighted by molar-refractivity contribution is 7.99. The van der Waals surface area contributed by atoms with Crippen LogP contribution in [-0.2, 0) is 6.42 Å². The molecule has 176 valence electrons. The van der Waals surface area contributed by atoms with Gasteiger partial charge in [0.25, 0.3) is 0 Å². The summed E-state index contributed by atoms with van der Waals surface area (Å²) in [4.78, 5) is 18.0. The number of anilines is 2. The van der Waals surface area contributed by atoms with E-state index in [0.717, 1.165) is 42.4 Å². The van der Waals surface area contributed by atoms with Crippen LogP contribution in [0.1, 0.15) is 11.1 Å². The van der Waals surface area contributed by atoms with Crippen LogP contribution in [0, 0.1) is 11.3 Å². The molecule has 0 aliphatic carbocycles. The van der Waals surface area contributed by atoms with Crippen molar-refractivity contribution in [1.82, 2.24) is 14.9 Å². The summed E-state index contributed by atoms with van der Waals surface area (Å²) in [6, 6.07) is 18.2. The molecule has 0 N–H and O–H groups in total. The molecule has 1 aliphatic rings. The van der Waals surface area contributed by atoms with E-state index in [1.807, 2.05) is 44.6 Å². The van der Waals surface area contributed by atoms with Gasteiger partial charge in [0.1, 0.15) is 0 Å². The molecule has 1 fully saturated rings. The smallest absolute Gasteiger partial charge is 0.232 e. The number of ether oxygens (including phenoxy) is 1. The van der Waals surface area contributed by atoms with E-state index in [9.17, 15) is 0 Å². The molecule has 0 bridgehead atoms. The third-order valence-electron chi connectivity index (χ3n) is 5.76. The number of rotatable bonds is 8. The lowest BCUT2D eigenvalue weighted by molar-refractivity contribution is 0.296. The summed E-state index contributed by atoms with van der Waals surface area (Å²) in [5, 5.41) is 9.06. The third-order valence-corrected chi connectivity index (χ3v) is 6.77. The van der Waals surface area contributed by atoms with Crippen LogP contribution in [0.2, 0.25) is 0 Å². The van der Waals surface area contributed by atoms with Crippen LogP contribution in [0.4, 0.5) is 11.6 Å². The van der Waals surface area contributed by atoms with Crippen molar-refractivity contribution in [3.05, 3.63) is 65.9 Å². The Bertz CT molecular complexity index is 1140. The Hall–Kier alpha value is -3.28. The number of benzene rings is 2. The Labute approximate surface area is 206 Å². The fraction of sp³-hybridized carbons (Fsp3) is 0.346. The van der Waals surface area contributed by atoms with Crippen molar-refractivity contribution in [2.24, 2.45) is 0 Å². The largest absolute Gasteiger partial charge is 0.476 e. The summed E-state index contributed by atoms with van der Waals surface area (Å²) in [5.74, 6) is 1.31. The van der Waals surface area contributed by atoms with Crippen LogP contribution in [0.5, 0.6) is 5.88 Å². The predicted octanol–water partition coefficient (Wildman–Crippen LogP) is 3.94. The van der Waals surface area contributed by atoms with Crippen LogP contribution in [0.15, 0.2) is 64.5 Å². The molecule has 0 radical (unpaired) electrons. The second kappa shape index (κ2) is 11.2. The second-order valence-corrected chi connectivity index (χ2v) is 9.65. The van der Waals surface area contributed by atoms with Crippen LogP contribution in [-0.4, -0.2) is 68.8 Å². The van der Waals surface area contributed by atoms with Crippen LogP contribution in [0.25, 0.3) is 0 Å². The van der Waals surface area contributed by atoms with Crippen molar-refractivity contribution in [2.75, 3.05) is 63.7 Å². The maximum Gasteiger partial charge on any atom is 0.232 e. The highest BCUT2D eigenvalue weighted by Gasteiger charge is 2.19. The molecule has 8 heteroatoms. The van der Waals surface area contributed by atoms with Gasteiger partial charge < -0.3 is 19.4 Å². The monoisotopic (exact) mass is 474 g/mol. The first-order valence-corrected chi connectivity index (χ1v) is 12.2. The Balaban J connectivity index is 1.51. The zero-order chi connectivity index (χ0) is 23.9. The predicted molar refractivity (Wildman–Crippen MR) is 137 cm³/mol. The minimum Gasteiger partial charge on any atom is -0.476 e. The van der Waals surface area contributed by atoms with Gasteiger partial charge in [-0.05, 0) is 49.0 Å². The van der Waals surface area contributed by atoms with Crippen molar-refractivity contribution < 1.29 is 4.74 Å². The van der Waals surface area contributed by atoms with Crippen LogP contribution in [0.3, 0.4) is 0 Å². The van der Waals surface area contributed by atoms with Gasteiger partial charge in [-0.15, -0.1) is 0 Å². The van der Waals surface area contributed by atoms with E-state index in [2.05, 4.69) is 57.1 Å². The summed E-state index contributed by atoms with van der Waals surface area (Å²) < 4.78 is 6.24. The molecule has 0 unspecified atom stereocenters. The second-order valence-electron chi connectivity index (χ2n) is 8.53. The van der Waals surface area contributed by atoms with Gasteiger partial charge in [0.2, 0.25) is 11.8 Å². The van der Waals surface area contributed by atoms with Gasteiger partial charge in [-0.25, -0.2) is 4.98 Å². The van der Waals surface area contributed by atoms with E-state index < -0.39 is 0 Å². The lowest BCUT2D eigenvalue weighted by Crippen LogP contribution is -2.45. The van der Waals surface area contributed by atoms with E-state index in [4.69, 9.17) is 15.0 Å². The van der Waals surface area contributed by atoms with E-state index >= 15 is 0 Å². The fourth-order valence-corrected chi connectivity index (χ4v) is 4.48. The highest BCUT2D eigenvalue weighted by Crippen LogP contribution is 2.34. The quantitative estimate of drug-likeness (QED) is 0.486. The van der Waals surface area contributed by atoms with Gasteiger partial charge in [-0.2, -0.15) is 10.2 Å². The summed E-state index contributed by atoms with van der Waals surface area (Å²) >= 11 is 1.55. The van der Waals surface area contributed by atoms with Crippen LogP contribution >= 0.6 is 11.8 Å². The molecule has 4 rings (SSSR count). The lowest BCUT2D eigenvalue weighted by Gasteiger charge is -2.32. The standard InChI is InChI=1S/C26H30N6OS/c1-30(2)22-6-4-5-20(17-22)11-16-33-25-24(34-23-9-7-21(18-27)8-10-23)19-28-26(29-25)32-14-12-31(3)13-15-32/h4-10,17,19H,11-16H2,1-3H3. The molecule has 34 heavy (non-hydrogen) atoms. The average Bonchev–Trinajstić information content (AvgIpc) is 2.86. The van der Waals surface area contributed by atoms with Crippen molar-refractivity contribution in [3.8, 4) is 11.9 Å². The molecule has 2 heterocycles. The number of hydrogen-bond acceptors (Lipinski definition) is 8. The third kappa shape index (κ3) is 6.19. The van der Waals surface area contributed by atoms with Gasteiger partial charge in [0.05, 0.1) is 29.3 Å². The minimum absolute atomic E-state index is 0.525. The zero-order valence-electron chi connectivity index (χ0n) is 19.9. The Morgan fingerprint density at radius 2 is 1.85 bits per heavy atom. The van der Waals surface area contributed by atoms with Crippen molar-refractivity contribution in [1.29, 1.82) is 5.26 Å². The molecular weight excluding hydrogens is 444 g/mol. The first kappa shape index (κ1) is 23.9. The Morgan fingerprint density at radius 3 is 2.56 bits per heavy atom. The molecular formula is C26H30N6OS. The van der Waals surface area contributed by atoms with Crippen LogP contribution < -0.4 is 14.5 Å². The van der Waals surface area contributed by atoms with E-state index in [-0.39, 0.29) is 0 Å². The first-order chi connectivity index (χ1) is 16.5. The molecule has 3 aromatic rings. The average molecular weight is 475 g/mol. The van der Waals surface area contributed by atoms with Gasteiger partial charge in [0, 0.05) is 57.3 Å². The molecule has 0 atom stereocenters. The van der Waals surface area contributed by atoms with Gasteiger partial charge >= 0.3 is 0 Å². The fourth-order valence-electron chi connectivity index (χ4n) is 3.66. The van der Waals surface area contributed by atoms with Crippen molar-refractivity contribution >= 4 is 23.4 Å². The van der Waals surface area contributed by atoms with E-state index in [1.54, 1.807) is 11.8 Å². The molecule has 0 amide bonds. The molecule has 1 aromatic heterocycles. The molecule has 1 aliphatic heterocycles. The number of likely N-dealkylation sites (N-methyl/N-ethyl adjacent to an activating group) is 1. The lowest BCUT2D eigenvalue weighted by atomic mass is 10.1. The van der Waals surface area contributed by atoms with Gasteiger partial charge in [-0.3, -0.25) is 0 Å². The molecule has 0 spiro atoms. The normalized spacial score (nSPS) is 14.0. The maximum absolute atomic E-state index is 9.06. The SMILES string of the molecule is CN1CCN(c2ncc(Sc3ccc(C#N)cc3)c(OCCc3cccc(N(C)C)c3)n2)CC1. The molecule has 0 saturated carbocycles. The number of nitriles is 1. The highest BCUT2D eigenvalue weighted by atomic mass is 32.2. The number of aromatic nitrogens is 2.